The molecule has 132 valence electrons. The smallest absolute Gasteiger partial charge is 0.240 e. The maximum Gasteiger partial charge on any atom is 0.240 e. The number of morpholine rings is 1. The van der Waals surface area contributed by atoms with Gasteiger partial charge in [0, 0.05) is 26.2 Å². The highest BCUT2D eigenvalue weighted by Gasteiger charge is 2.37. The number of hydrogen-bond acceptors (Lipinski definition) is 3. The summed E-state index contributed by atoms with van der Waals surface area (Å²) in [5, 5.41) is 0. The monoisotopic (exact) mass is 330 g/mol. The van der Waals surface area contributed by atoms with Crippen molar-refractivity contribution in [3.05, 3.63) is 35.4 Å². The Labute approximate surface area is 145 Å². The van der Waals surface area contributed by atoms with Gasteiger partial charge in [-0.3, -0.25) is 9.69 Å². The Morgan fingerprint density at radius 1 is 1.12 bits per heavy atom. The summed E-state index contributed by atoms with van der Waals surface area (Å²) in [5.41, 5.74) is 2.68. The van der Waals surface area contributed by atoms with Crippen LogP contribution in [0.4, 0.5) is 0 Å². The van der Waals surface area contributed by atoms with Gasteiger partial charge in [-0.05, 0) is 37.3 Å². The van der Waals surface area contributed by atoms with E-state index in [2.05, 4.69) is 61.8 Å². The maximum absolute atomic E-state index is 13.3. The van der Waals surface area contributed by atoms with Crippen LogP contribution in [0.3, 0.4) is 0 Å². The minimum atomic E-state index is -0.0518. The van der Waals surface area contributed by atoms with Crippen molar-refractivity contribution in [2.24, 2.45) is 5.92 Å². The number of ether oxygens (including phenoxy) is 1. The second-order valence-corrected chi connectivity index (χ2v) is 7.68. The van der Waals surface area contributed by atoms with Crippen LogP contribution in [-0.2, 0) is 22.5 Å². The number of hydrogen-bond donors (Lipinski definition) is 0. The Balaban J connectivity index is 1.76. The zero-order chi connectivity index (χ0) is 17.3. The van der Waals surface area contributed by atoms with E-state index in [0.29, 0.717) is 5.92 Å². The van der Waals surface area contributed by atoms with Crippen LogP contribution in [0.2, 0.25) is 0 Å². The SMILES string of the molecule is CC1CN(C(C(=O)N2CCc3ccccc3C2)C(C)C)CC(C)O1. The Hall–Kier alpha value is -1.39. The lowest BCUT2D eigenvalue weighted by Crippen LogP contribution is -2.58. The Bertz CT molecular complexity index is 577. The highest BCUT2D eigenvalue weighted by molar-refractivity contribution is 5.82. The van der Waals surface area contributed by atoms with Crippen molar-refractivity contribution in [1.29, 1.82) is 0 Å². The molecule has 0 N–H and O–H groups in total. The molecule has 0 bridgehead atoms. The molecule has 4 heteroatoms. The summed E-state index contributed by atoms with van der Waals surface area (Å²) in [5.74, 6) is 0.577. The van der Waals surface area contributed by atoms with Crippen LogP contribution in [0.1, 0.15) is 38.8 Å². The van der Waals surface area contributed by atoms with Gasteiger partial charge in [-0.2, -0.15) is 0 Å². The molecule has 2 aliphatic heterocycles. The van der Waals surface area contributed by atoms with Crippen molar-refractivity contribution in [3.63, 3.8) is 0 Å². The van der Waals surface area contributed by atoms with Crippen LogP contribution in [0.25, 0.3) is 0 Å². The van der Waals surface area contributed by atoms with Crippen LogP contribution in [0.5, 0.6) is 0 Å². The molecule has 0 saturated carbocycles. The van der Waals surface area contributed by atoms with Gasteiger partial charge < -0.3 is 9.64 Å². The molecule has 1 fully saturated rings. The summed E-state index contributed by atoms with van der Waals surface area (Å²) < 4.78 is 5.85. The number of amides is 1. The largest absolute Gasteiger partial charge is 0.373 e. The fourth-order valence-electron chi connectivity index (χ4n) is 4.18. The molecular formula is C20H30N2O2. The van der Waals surface area contributed by atoms with Gasteiger partial charge in [0.1, 0.15) is 0 Å². The van der Waals surface area contributed by atoms with E-state index in [1.807, 2.05) is 0 Å². The fourth-order valence-corrected chi connectivity index (χ4v) is 4.18. The lowest BCUT2D eigenvalue weighted by molar-refractivity contribution is -0.146. The van der Waals surface area contributed by atoms with Crippen molar-refractivity contribution in [1.82, 2.24) is 9.80 Å². The van der Waals surface area contributed by atoms with Crippen molar-refractivity contribution >= 4 is 5.91 Å². The Morgan fingerprint density at radius 2 is 1.75 bits per heavy atom. The van der Waals surface area contributed by atoms with Gasteiger partial charge in [0.25, 0.3) is 0 Å². The molecule has 1 aromatic rings. The molecule has 3 unspecified atom stereocenters. The van der Waals surface area contributed by atoms with E-state index < -0.39 is 0 Å². The van der Waals surface area contributed by atoms with E-state index in [-0.39, 0.29) is 24.2 Å². The van der Waals surface area contributed by atoms with E-state index in [1.165, 1.54) is 11.1 Å². The van der Waals surface area contributed by atoms with Crippen LogP contribution in [0.15, 0.2) is 24.3 Å². The number of carbonyl (C=O) groups is 1. The molecule has 4 nitrogen and oxygen atoms in total. The second-order valence-electron chi connectivity index (χ2n) is 7.68. The first kappa shape index (κ1) is 17.4. The summed E-state index contributed by atoms with van der Waals surface area (Å²) >= 11 is 0. The van der Waals surface area contributed by atoms with Crippen molar-refractivity contribution in [2.45, 2.75) is 58.9 Å². The number of nitrogens with zero attached hydrogens (tertiary/aromatic N) is 2. The Morgan fingerprint density at radius 3 is 2.38 bits per heavy atom. The first-order chi connectivity index (χ1) is 11.5. The van der Waals surface area contributed by atoms with Gasteiger partial charge in [0.15, 0.2) is 0 Å². The third-order valence-electron chi connectivity index (χ3n) is 5.17. The highest BCUT2D eigenvalue weighted by atomic mass is 16.5. The topological polar surface area (TPSA) is 32.8 Å². The normalized spacial score (nSPS) is 26.3. The minimum absolute atomic E-state index is 0.0518. The lowest BCUT2D eigenvalue weighted by atomic mass is 9.95. The highest BCUT2D eigenvalue weighted by Crippen LogP contribution is 2.24. The van der Waals surface area contributed by atoms with Gasteiger partial charge in [0.05, 0.1) is 18.2 Å². The maximum atomic E-state index is 13.3. The average Bonchev–Trinajstić information content (AvgIpc) is 2.53. The molecule has 1 amide bonds. The minimum Gasteiger partial charge on any atom is -0.373 e. The van der Waals surface area contributed by atoms with E-state index >= 15 is 0 Å². The molecule has 3 rings (SSSR count). The standard InChI is InChI=1S/C20H30N2O2/c1-14(2)19(22-11-15(3)24-16(4)12-22)20(23)21-10-9-17-7-5-6-8-18(17)13-21/h5-8,14-16,19H,9-13H2,1-4H3. The summed E-state index contributed by atoms with van der Waals surface area (Å²) in [4.78, 5) is 17.7. The van der Waals surface area contributed by atoms with Gasteiger partial charge >= 0.3 is 0 Å². The quantitative estimate of drug-likeness (QED) is 0.854. The summed E-state index contributed by atoms with van der Waals surface area (Å²) in [6.45, 7) is 11.8. The van der Waals surface area contributed by atoms with Gasteiger partial charge in [-0.25, -0.2) is 0 Å². The molecule has 0 aromatic heterocycles. The van der Waals surface area contributed by atoms with Gasteiger partial charge in [0.2, 0.25) is 5.91 Å². The van der Waals surface area contributed by atoms with Crippen molar-refractivity contribution in [2.75, 3.05) is 19.6 Å². The fraction of sp³-hybridized carbons (Fsp3) is 0.650. The molecule has 3 atom stereocenters. The first-order valence-electron chi connectivity index (χ1n) is 9.20. The van der Waals surface area contributed by atoms with Crippen LogP contribution in [-0.4, -0.2) is 53.6 Å². The predicted octanol–water partition coefficient (Wildman–Crippen LogP) is 2.71. The molecule has 2 aliphatic rings. The molecule has 1 saturated heterocycles. The van der Waals surface area contributed by atoms with Crippen molar-refractivity contribution < 1.29 is 9.53 Å². The van der Waals surface area contributed by atoms with E-state index in [0.717, 1.165) is 32.6 Å². The number of benzene rings is 1. The molecule has 0 spiro atoms. The Kier molecular flexibility index (Phi) is 5.26. The third kappa shape index (κ3) is 3.65. The summed E-state index contributed by atoms with van der Waals surface area (Å²) in [7, 11) is 0. The first-order valence-corrected chi connectivity index (χ1v) is 9.20. The van der Waals surface area contributed by atoms with Gasteiger partial charge in [-0.1, -0.05) is 38.1 Å². The number of fused-ring (bicyclic) bond motifs is 1. The molecule has 0 aliphatic carbocycles. The third-order valence-corrected chi connectivity index (χ3v) is 5.17. The number of carbonyl (C=O) groups excluding carboxylic acids is 1. The van der Waals surface area contributed by atoms with E-state index in [9.17, 15) is 4.79 Å². The lowest BCUT2D eigenvalue weighted by Gasteiger charge is -2.43. The molecule has 1 aromatic carbocycles. The number of rotatable bonds is 3. The molecular weight excluding hydrogens is 300 g/mol. The average molecular weight is 330 g/mol. The van der Waals surface area contributed by atoms with Crippen LogP contribution < -0.4 is 0 Å². The van der Waals surface area contributed by atoms with Crippen molar-refractivity contribution in [3.8, 4) is 0 Å². The van der Waals surface area contributed by atoms with E-state index in [4.69, 9.17) is 4.74 Å². The van der Waals surface area contributed by atoms with Crippen LogP contribution in [0, 0.1) is 5.92 Å². The van der Waals surface area contributed by atoms with Crippen LogP contribution >= 0.6 is 0 Å². The van der Waals surface area contributed by atoms with E-state index in [1.54, 1.807) is 0 Å². The molecule has 0 radical (unpaired) electrons. The van der Waals surface area contributed by atoms with Gasteiger partial charge in [-0.15, -0.1) is 0 Å². The zero-order valence-electron chi connectivity index (χ0n) is 15.4. The zero-order valence-corrected chi connectivity index (χ0v) is 15.4. The molecule has 24 heavy (non-hydrogen) atoms. The predicted molar refractivity (Wildman–Crippen MR) is 95.8 cm³/mol. The summed E-state index contributed by atoms with van der Waals surface area (Å²) in [6, 6.07) is 8.44. The second kappa shape index (κ2) is 7.24. The molecule has 2 heterocycles. The summed E-state index contributed by atoms with van der Waals surface area (Å²) in [6.07, 6.45) is 1.33.